The molecule has 0 heterocycles. The van der Waals surface area contributed by atoms with Crippen LogP contribution in [-0.2, 0) is 26.0 Å². The SMILES string of the molecule is CCC(C(=O)NC(C)(C)C)N(CCc1ccccc1)C(=O)CN(c1ccc(OC)c(OC)c1)S(=O)(=O)c1ccc(C)cc1. The summed E-state index contributed by atoms with van der Waals surface area (Å²) in [5.74, 6) is -0.0686. The number of nitrogens with zero attached hydrogens (tertiary/aromatic N) is 2. The van der Waals surface area contributed by atoms with Crippen LogP contribution >= 0.6 is 0 Å². The molecule has 0 bridgehead atoms. The minimum atomic E-state index is -4.20. The highest BCUT2D eigenvalue weighted by atomic mass is 32.2. The van der Waals surface area contributed by atoms with Crippen molar-refractivity contribution >= 4 is 27.5 Å². The average molecular weight is 610 g/mol. The van der Waals surface area contributed by atoms with Crippen LogP contribution in [0.1, 0.15) is 45.2 Å². The number of rotatable bonds is 13. The Morgan fingerprint density at radius 2 is 1.53 bits per heavy atom. The zero-order valence-electron chi connectivity index (χ0n) is 26.1. The molecule has 0 saturated heterocycles. The maximum Gasteiger partial charge on any atom is 0.264 e. The van der Waals surface area contributed by atoms with Crippen LogP contribution in [0, 0.1) is 6.92 Å². The Kier molecular flexibility index (Phi) is 11.2. The highest BCUT2D eigenvalue weighted by Crippen LogP contribution is 2.34. The summed E-state index contributed by atoms with van der Waals surface area (Å²) in [7, 11) is -1.26. The highest BCUT2D eigenvalue weighted by Gasteiger charge is 2.34. The standard InChI is InChI=1S/C33H43N3O6S/c1-8-28(32(38)34-33(3,4)5)35(21-20-25-12-10-9-11-13-25)31(37)23-36(26-16-19-29(41-6)30(22-26)42-7)43(39,40)27-17-14-24(2)15-18-27/h9-19,22,28H,8,20-21,23H2,1-7H3,(H,34,38). The molecule has 2 amide bonds. The molecule has 0 aliphatic rings. The molecule has 0 aromatic heterocycles. The van der Waals surface area contributed by atoms with Crippen molar-refractivity contribution in [2.24, 2.45) is 0 Å². The smallest absolute Gasteiger partial charge is 0.264 e. The van der Waals surface area contributed by atoms with Crippen LogP contribution in [0.2, 0.25) is 0 Å². The fourth-order valence-corrected chi connectivity index (χ4v) is 6.10. The molecule has 3 aromatic carbocycles. The molecule has 9 nitrogen and oxygen atoms in total. The van der Waals surface area contributed by atoms with E-state index < -0.39 is 34.1 Å². The van der Waals surface area contributed by atoms with Crippen molar-refractivity contribution < 1.29 is 27.5 Å². The van der Waals surface area contributed by atoms with Crippen molar-refractivity contribution in [1.29, 1.82) is 0 Å². The highest BCUT2D eigenvalue weighted by molar-refractivity contribution is 7.92. The number of sulfonamides is 1. The first-order valence-corrected chi connectivity index (χ1v) is 15.7. The number of amides is 2. The predicted octanol–water partition coefficient (Wildman–Crippen LogP) is 4.97. The Morgan fingerprint density at radius 1 is 0.907 bits per heavy atom. The molecule has 10 heteroatoms. The van der Waals surface area contributed by atoms with Crippen LogP contribution < -0.4 is 19.1 Å². The van der Waals surface area contributed by atoms with Gasteiger partial charge in [-0.1, -0.05) is 55.0 Å². The summed E-state index contributed by atoms with van der Waals surface area (Å²) in [4.78, 5) is 29.2. The molecule has 1 N–H and O–H groups in total. The Balaban J connectivity index is 2.08. The van der Waals surface area contributed by atoms with E-state index in [-0.39, 0.29) is 23.0 Å². The third-order valence-electron chi connectivity index (χ3n) is 6.91. The van der Waals surface area contributed by atoms with E-state index in [4.69, 9.17) is 9.47 Å². The molecule has 3 aromatic rings. The van der Waals surface area contributed by atoms with E-state index in [0.717, 1.165) is 15.4 Å². The molecule has 0 radical (unpaired) electrons. The van der Waals surface area contributed by atoms with Crippen molar-refractivity contribution in [3.8, 4) is 11.5 Å². The van der Waals surface area contributed by atoms with E-state index in [9.17, 15) is 18.0 Å². The summed E-state index contributed by atoms with van der Waals surface area (Å²) >= 11 is 0. The third-order valence-corrected chi connectivity index (χ3v) is 8.70. The van der Waals surface area contributed by atoms with Gasteiger partial charge in [-0.2, -0.15) is 0 Å². The van der Waals surface area contributed by atoms with E-state index in [1.165, 1.54) is 37.3 Å². The lowest BCUT2D eigenvalue weighted by Gasteiger charge is -2.35. The Labute approximate surface area is 255 Å². The van der Waals surface area contributed by atoms with Crippen molar-refractivity contribution in [3.63, 3.8) is 0 Å². The number of ether oxygens (including phenoxy) is 2. The zero-order chi connectivity index (χ0) is 31.8. The largest absolute Gasteiger partial charge is 0.493 e. The van der Waals surface area contributed by atoms with Gasteiger partial charge < -0.3 is 19.7 Å². The second-order valence-electron chi connectivity index (χ2n) is 11.4. The molecular formula is C33H43N3O6S. The van der Waals surface area contributed by atoms with Gasteiger partial charge in [0, 0.05) is 18.2 Å². The van der Waals surface area contributed by atoms with Gasteiger partial charge >= 0.3 is 0 Å². The normalized spacial score (nSPS) is 12.3. The number of anilines is 1. The van der Waals surface area contributed by atoms with Gasteiger partial charge in [-0.15, -0.1) is 0 Å². The molecule has 0 fully saturated rings. The number of carbonyl (C=O) groups is 2. The van der Waals surface area contributed by atoms with Crippen molar-refractivity contribution in [2.45, 2.75) is 63.9 Å². The number of methoxy groups -OCH3 is 2. The van der Waals surface area contributed by atoms with E-state index in [2.05, 4.69) is 5.32 Å². The second kappa shape index (κ2) is 14.4. The van der Waals surface area contributed by atoms with Crippen LogP contribution in [0.4, 0.5) is 5.69 Å². The van der Waals surface area contributed by atoms with Crippen LogP contribution in [0.25, 0.3) is 0 Å². The molecule has 0 saturated carbocycles. The van der Waals surface area contributed by atoms with Crippen molar-refractivity contribution in [1.82, 2.24) is 10.2 Å². The molecule has 0 spiro atoms. The fourth-order valence-electron chi connectivity index (χ4n) is 4.70. The molecule has 1 unspecified atom stereocenters. The summed E-state index contributed by atoms with van der Waals surface area (Å²) in [5.41, 5.74) is 1.60. The number of carbonyl (C=O) groups excluding carboxylic acids is 2. The first kappa shape index (κ1) is 33.5. The molecule has 0 aliphatic carbocycles. The van der Waals surface area contributed by atoms with Gasteiger partial charge in [-0.25, -0.2) is 8.42 Å². The zero-order valence-corrected chi connectivity index (χ0v) is 26.9. The summed E-state index contributed by atoms with van der Waals surface area (Å²) in [6.45, 7) is 9.03. The van der Waals surface area contributed by atoms with Gasteiger partial charge in [0.1, 0.15) is 12.6 Å². The van der Waals surface area contributed by atoms with Crippen molar-refractivity contribution in [3.05, 3.63) is 83.9 Å². The fraction of sp³-hybridized carbons (Fsp3) is 0.394. The van der Waals surface area contributed by atoms with Gasteiger partial charge in [0.2, 0.25) is 11.8 Å². The number of nitrogens with one attached hydrogen (secondary N) is 1. The Morgan fingerprint density at radius 3 is 2.09 bits per heavy atom. The molecule has 43 heavy (non-hydrogen) atoms. The summed E-state index contributed by atoms with van der Waals surface area (Å²) in [6, 6.07) is 20.0. The quantitative estimate of drug-likeness (QED) is 0.293. The van der Waals surface area contributed by atoms with E-state index >= 15 is 0 Å². The third kappa shape index (κ3) is 8.73. The Bertz CT molecular complexity index is 1490. The van der Waals surface area contributed by atoms with Gasteiger partial charge in [0.25, 0.3) is 10.0 Å². The summed E-state index contributed by atoms with van der Waals surface area (Å²) in [6.07, 6.45) is 0.844. The number of aryl methyl sites for hydroxylation is 1. The molecule has 232 valence electrons. The van der Waals surface area contributed by atoms with Crippen LogP contribution in [0.15, 0.2) is 77.7 Å². The number of hydrogen-bond acceptors (Lipinski definition) is 6. The van der Waals surface area contributed by atoms with E-state index in [1.807, 2.05) is 65.0 Å². The lowest BCUT2D eigenvalue weighted by Crippen LogP contribution is -2.56. The lowest BCUT2D eigenvalue weighted by atomic mass is 10.1. The first-order valence-electron chi connectivity index (χ1n) is 14.3. The second-order valence-corrected chi connectivity index (χ2v) is 13.2. The molecule has 3 rings (SSSR count). The minimum absolute atomic E-state index is 0.0361. The topological polar surface area (TPSA) is 105 Å². The average Bonchev–Trinajstić information content (AvgIpc) is 2.97. The van der Waals surface area contributed by atoms with Crippen LogP contribution in [0.5, 0.6) is 11.5 Å². The van der Waals surface area contributed by atoms with Gasteiger partial charge in [-0.05, 0) is 70.4 Å². The first-order chi connectivity index (χ1) is 20.3. The lowest BCUT2D eigenvalue weighted by molar-refractivity contribution is -0.140. The van der Waals surface area contributed by atoms with Gasteiger partial charge in [0.15, 0.2) is 11.5 Å². The maximum atomic E-state index is 14.2. The van der Waals surface area contributed by atoms with Crippen LogP contribution in [0.3, 0.4) is 0 Å². The predicted molar refractivity (Wildman–Crippen MR) is 169 cm³/mol. The molecule has 1 atom stereocenters. The number of benzene rings is 3. The summed E-state index contributed by atoms with van der Waals surface area (Å²) in [5, 5.41) is 2.98. The summed E-state index contributed by atoms with van der Waals surface area (Å²) < 4.78 is 40.0. The number of hydrogen-bond donors (Lipinski definition) is 1. The monoisotopic (exact) mass is 609 g/mol. The minimum Gasteiger partial charge on any atom is -0.493 e. The van der Waals surface area contributed by atoms with Gasteiger partial charge in [0.05, 0.1) is 24.8 Å². The molecular weight excluding hydrogens is 566 g/mol. The van der Waals surface area contributed by atoms with Gasteiger partial charge in [-0.3, -0.25) is 13.9 Å². The van der Waals surface area contributed by atoms with Crippen molar-refractivity contribution in [2.75, 3.05) is 31.6 Å². The van der Waals surface area contributed by atoms with E-state index in [1.54, 1.807) is 24.3 Å². The molecule has 0 aliphatic heterocycles. The van der Waals surface area contributed by atoms with E-state index in [0.29, 0.717) is 24.3 Å². The Hall–Kier alpha value is -4.05. The van der Waals surface area contributed by atoms with Crippen LogP contribution in [-0.4, -0.2) is 64.0 Å². The maximum absolute atomic E-state index is 14.2.